The predicted octanol–water partition coefficient (Wildman–Crippen LogP) is 18.8. The molecule has 0 spiro atoms. The normalized spacial score (nSPS) is 11.5. The molecule has 66 heavy (non-hydrogen) atoms. The number of benzene rings is 10. The number of thiophene rings is 1. The van der Waals surface area contributed by atoms with E-state index in [2.05, 4.69) is 242 Å². The standard InChI is InChI=1S/C62H43NS.C2H6/c1-41-12-8-10-18-53(41)56-36-35-55(62-54-19-11-9-17-49(54)39-59(56)62)46-24-32-52(33-25-46)63(50-28-20-44(21-29-50)42-13-4-2-5-14-42)51-30-22-45(23-31-51)47-27-37-60-58(38-47)57-34-26-48(40-61(57)64-60)43-15-6-3-7-16-43;1-2/h2-38,40H,39H2,1H3;1-2H3. The van der Waals surface area contributed by atoms with Gasteiger partial charge in [-0.3, -0.25) is 0 Å². The highest BCUT2D eigenvalue weighted by Gasteiger charge is 2.26. The van der Waals surface area contributed by atoms with Gasteiger partial charge >= 0.3 is 0 Å². The number of aryl methyl sites for hydroxylation is 1. The SMILES string of the molecule is CC.Cc1ccccc1-c1ccc(-c2ccc(N(c3ccc(-c4ccccc4)cc3)c3ccc(-c4ccc5sc6cc(-c7ccccc7)ccc6c5c4)cc3)cc2)c2c1Cc1ccccc1-2. The quantitative estimate of drug-likeness (QED) is 0.147. The van der Waals surface area contributed by atoms with Crippen molar-refractivity contribution in [1.82, 2.24) is 0 Å². The van der Waals surface area contributed by atoms with Crippen LogP contribution in [0.2, 0.25) is 0 Å². The number of hydrogen-bond donors (Lipinski definition) is 0. The highest BCUT2D eigenvalue weighted by Crippen LogP contribution is 2.48. The van der Waals surface area contributed by atoms with E-state index in [1.165, 1.54) is 104 Å². The Hall–Kier alpha value is -7.78. The van der Waals surface area contributed by atoms with Crippen LogP contribution in [-0.4, -0.2) is 0 Å². The summed E-state index contributed by atoms with van der Waals surface area (Å²) >= 11 is 1.87. The fraction of sp³-hybridized carbons (Fsp3) is 0.0625. The van der Waals surface area contributed by atoms with Crippen LogP contribution in [0.3, 0.4) is 0 Å². The van der Waals surface area contributed by atoms with Crippen molar-refractivity contribution in [2.24, 2.45) is 0 Å². The summed E-state index contributed by atoms with van der Waals surface area (Å²) in [5.41, 5.74) is 22.6. The van der Waals surface area contributed by atoms with Crippen molar-refractivity contribution < 1.29 is 0 Å². The highest BCUT2D eigenvalue weighted by molar-refractivity contribution is 7.25. The van der Waals surface area contributed by atoms with Gasteiger partial charge in [-0.2, -0.15) is 0 Å². The molecule has 0 bridgehead atoms. The lowest BCUT2D eigenvalue weighted by molar-refractivity contribution is 1.26. The van der Waals surface area contributed by atoms with Crippen LogP contribution < -0.4 is 4.90 Å². The third-order valence-corrected chi connectivity index (χ3v) is 14.2. The molecule has 0 atom stereocenters. The minimum Gasteiger partial charge on any atom is -0.311 e. The van der Waals surface area contributed by atoms with Crippen molar-refractivity contribution in [1.29, 1.82) is 0 Å². The second-order valence-electron chi connectivity index (χ2n) is 16.9. The molecular weight excluding hydrogens is 815 g/mol. The average molecular weight is 864 g/mol. The number of hydrogen-bond acceptors (Lipinski definition) is 2. The van der Waals surface area contributed by atoms with E-state index in [0.29, 0.717) is 0 Å². The summed E-state index contributed by atoms with van der Waals surface area (Å²) in [6, 6.07) is 84.7. The minimum atomic E-state index is 0.942. The topological polar surface area (TPSA) is 3.24 Å². The summed E-state index contributed by atoms with van der Waals surface area (Å²) in [5, 5.41) is 2.61. The van der Waals surface area contributed by atoms with E-state index < -0.39 is 0 Å². The van der Waals surface area contributed by atoms with Gasteiger partial charge in [-0.05, 0) is 151 Å². The van der Waals surface area contributed by atoms with Crippen molar-refractivity contribution in [3.05, 3.63) is 247 Å². The van der Waals surface area contributed by atoms with Gasteiger partial charge in [-0.1, -0.05) is 190 Å². The zero-order valence-electron chi connectivity index (χ0n) is 37.5. The predicted molar refractivity (Wildman–Crippen MR) is 286 cm³/mol. The Morgan fingerprint density at radius 1 is 0.348 bits per heavy atom. The van der Waals surface area contributed by atoms with Gasteiger partial charge in [0.1, 0.15) is 0 Å². The van der Waals surface area contributed by atoms with Crippen LogP contribution in [0.25, 0.3) is 86.9 Å². The molecular formula is C64H49NS. The molecule has 10 aromatic carbocycles. The lowest BCUT2D eigenvalue weighted by Gasteiger charge is -2.26. The first-order valence-corrected chi connectivity index (χ1v) is 23.9. The first-order chi connectivity index (χ1) is 32.6. The van der Waals surface area contributed by atoms with Crippen molar-refractivity contribution in [3.63, 3.8) is 0 Å². The van der Waals surface area contributed by atoms with Crippen LogP contribution in [0.5, 0.6) is 0 Å². The highest BCUT2D eigenvalue weighted by atomic mass is 32.1. The van der Waals surface area contributed by atoms with Crippen LogP contribution in [0, 0.1) is 6.92 Å². The first-order valence-electron chi connectivity index (χ1n) is 23.1. The summed E-state index contributed by atoms with van der Waals surface area (Å²) in [7, 11) is 0. The van der Waals surface area contributed by atoms with Crippen LogP contribution in [0.4, 0.5) is 17.1 Å². The molecule has 1 aliphatic carbocycles. The van der Waals surface area contributed by atoms with E-state index in [9.17, 15) is 0 Å². The molecule has 0 radical (unpaired) electrons. The summed E-state index contributed by atoms with van der Waals surface area (Å²) < 4.78 is 2.63. The van der Waals surface area contributed by atoms with Gasteiger partial charge in [0.15, 0.2) is 0 Å². The summed E-state index contributed by atoms with van der Waals surface area (Å²) in [6.07, 6.45) is 0.942. The van der Waals surface area contributed by atoms with Crippen molar-refractivity contribution in [2.45, 2.75) is 27.2 Å². The van der Waals surface area contributed by atoms with E-state index >= 15 is 0 Å². The molecule has 0 unspecified atom stereocenters. The zero-order valence-corrected chi connectivity index (χ0v) is 38.3. The summed E-state index contributed by atoms with van der Waals surface area (Å²) in [5.74, 6) is 0. The van der Waals surface area contributed by atoms with E-state index in [0.717, 1.165) is 23.5 Å². The molecule has 1 nitrogen and oxygen atoms in total. The molecule has 0 amide bonds. The van der Waals surface area contributed by atoms with Gasteiger partial charge < -0.3 is 4.90 Å². The Morgan fingerprint density at radius 2 is 0.833 bits per heavy atom. The van der Waals surface area contributed by atoms with Crippen LogP contribution >= 0.6 is 11.3 Å². The molecule has 0 fully saturated rings. The Bertz CT molecular complexity index is 3490. The Labute approximate surface area is 392 Å². The maximum absolute atomic E-state index is 2.38. The molecule has 0 saturated carbocycles. The Kier molecular flexibility index (Phi) is 11.0. The molecule has 1 aliphatic rings. The number of fused-ring (bicyclic) bond motifs is 6. The third-order valence-electron chi connectivity index (χ3n) is 13.1. The fourth-order valence-electron chi connectivity index (χ4n) is 9.86. The third kappa shape index (κ3) is 7.50. The monoisotopic (exact) mass is 863 g/mol. The molecule has 1 heterocycles. The molecule has 0 N–H and O–H groups in total. The van der Waals surface area contributed by atoms with Crippen LogP contribution in [0.1, 0.15) is 30.5 Å². The molecule has 11 aromatic rings. The molecule has 1 aromatic heterocycles. The van der Waals surface area contributed by atoms with E-state index in [1.807, 2.05) is 25.2 Å². The second-order valence-corrected chi connectivity index (χ2v) is 18.0. The molecule has 12 rings (SSSR count). The molecule has 0 saturated heterocycles. The fourth-order valence-corrected chi connectivity index (χ4v) is 11.0. The van der Waals surface area contributed by atoms with Gasteiger partial charge in [-0.15, -0.1) is 11.3 Å². The van der Waals surface area contributed by atoms with Gasteiger partial charge in [0.05, 0.1) is 0 Å². The summed E-state index contributed by atoms with van der Waals surface area (Å²) in [4.78, 5) is 2.38. The Balaban J connectivity index is 0.00000238. The van der Waals surface area contributed by atoms with Crippen LogP contribution in [0.15, 0.2) is 231 Å². The first kappa shape index (κ1) is 41.0. The second kappa shape index (κ2) is 17.7. The van der Waals surface area contributed by atoms with Gasteiger partial charge in [-0.25, -0.2) is 0 Å². The summed E-state index contributed by atoms with van der Waals surface area (Å²) in [6.45, 7) is 6.22. The van der Waals surface area contributed by atoms with E-state index in [-0.39, 0.29) is 0 Å². The van der Waals surface area contributed by atoms with E-state index in [1.54, 1.807) is 0 Å². The van der Waals surface area contributed by atoms with E-state index in [4.69, 9.17) is 0 Å². The molecule has 0 aliphatic heterocycles. The van der Waals surface area contributed by atoms with Gasteiger partial charge in [0.25, 0.3) is 0 Å². The molecule has 316 valence electrons. The lowest BCUT2D eigenvalue weighted by atomic mass is 9.88. The largest absolute Gasteiger partial charge is 0.311 e. The van der Waals surface area contributed by atoms with Crippen LogP contribution in [-0.2, 0) is 6.42 Å². The zero-order chi connectivity index (χ0) is 44.6. The van der Waals surface area contributed by atoms with Gasteiger partial charge in [0, 0.05) is 37.2 Å². The maximum atomic E-state index is 2.38. The minimum absolute atomic E-state index is 0.942. The number of anilines is 3. The maximum Gasteiger partial charge on any atom is 0.0462 e. The van der Waals surface area contributed by atoms with Crippen molar-refractivity contribution >= 4 is 48.6 Å². The van der Waals surface area contributed by atoms with Gasteiger partial charge in [0.2, 0.25) is 0 Å². The number of rotatable bonds is 8. The average Bonchev–Trinajstić information content (AvgIpc) is 3.97. The lowest BCUT2D eigenvalue weighted by Crippen LogP contribution is -2.09. The Morgan fingerprint density at radius 3 is 1.48 bits per heavy atom. The van der Waals surface area contributed by atoms with Crippen molar-refractivity contribution in [3.8, 4) is 66.8 Å². The number of nitrogens with zero attached hydrogens (tertiary/aromatic N) is 1. The van der Waals surface area contributed by atoms with Crippen molar-refractivity contribution in [2.75, 3.05) is 4.90 Å². The molecule has 2 heteroatoms. The smallest absolute Gasteiger partial charge is 0.0462 e.